The van der Waals surface area contributed by atoms with E-state index in [9.17, 15) is 4.79 Å². The Labute approximate surface area is 120 Å². The zero-order valence-corrected chi connectivity index (χ0v) is 13.0. The van der Waals surface area contributed by atoms with Crippen molar-refractivity contribution in [1.82, 2.24) is 14.7 Å². The van der Waals surface area contributed by atoms with Crippen molar-refractivity contribution in [2.75, 3.05) is 32.1 Å². The molecular formula is C12H19BrN4O2. The molecule has 106 valence electrons. The summed E-state index contributed by atoms with van der Waals surface area (Å²) in [6, 6.07) is 0.105. The van der Waals surface area contributed by atoms with E-state index in [1.807, 2.05) is 6.92 Å². The molecule has 1 aromatic heterocycles. The molecule has 6 nitrogen and oxygen atoms in total. The molecule has 19 heavy (non-hydrogen) atoms. The fraction of sp³-hybridized carbons (Fsp3) is 0.667. The minimum absolute atomic E-state index is 0.105. The van der Waals surface area contributed by atoms with Gasteiger partial charge in [0.15, 0.2) is 0 Å². The first kappa shape index (κ1) is 14.5. The summed E-state index contributed by atoms with van der Waals surface area (Å²) in [5.74, 6) is 0. The number of hydrogen-bond acceptors (Lipinski definition) is 5. The van der Waals surface area contributed by atoms with Crippen LogP contribution >= 0.6 is 15.9 Å². The molecule has 1 fully saturated rings. The quantitative estimate of drug-likeness (QED) is 0.882. The standard InChI is InChI=1S/C12H19BrN4O2/c1-8(10-7-16(2)4-5-19-10)15-9-6-14-17(3)12(18)11(9)13/h6,8,10,15H,4-5,7H2,1-3H3. The maximum absolute atomic E-state index is 11.8. The van der Waals surface area contributed by atoms with Crippen LogP contribution in [0.15, 0.2) is 15.5 Å². The van der Waals surface area contributed by atoms with Crippen LogP contribution in [0.25, 0.3) is 0 Å². The zero-order chi connectivity index (χ0) is 14.0. The van der Waals surface area contributed by atoms with Gasteiger partial charge < -0.3 is 15.0 Å². The highest BCUT2D eigenvalue weighted by atomic mass is 79.9. The second kappa shape index (κ2) is 6.02. The van der Waals surface area contributed by atoms with E-state index in [-0.39, 0.29) is 17.7 Å². The van der Waals surface area contributed by atoms with Gasteiger partial charge in [-0.25, -0.2) is 4.68 Å². The molecule has 2 rings (SSSR count). The van der Waals surface area contributed by atoms with Gasteiger partial charge in [-0.05, 0) is 29.9 Å². The summed E-state index contributed by atoms with van der Waals surface area (Å²) in [5.41, 5.74) is 0.548. The van der Waals surface area contributed by atoms with Gasteiger partial charge in [0.05, 0.1) is 30.6 Å². The molecular weight excluding hydrogens is 312 g/mol. The lowest BCUT2D eigenvalue weighted by molar-refractivity contribution is -0.0259. The van der Waals surface area contributed by atoms with Gasteiger partial charge >= 0.3 is 0 Å². The van der Waals surface area contributed by atoms with Crippen LogP contribution in [0.2, 0.25) is 0 Å². The normalized spacial score (nSPS) is 22.2. The first-order valence-electron chi connectivity index (χ1n) is 6.27. The van der Waals surface area contributed by atoms with Crippen LogP contribution in [0.1, 0.15) is 6.92 Å². The third-order valence-electron chi connectivity index (χ3n) is 3.32. The molecule has 1 aromatic rings. The molecule has 0 aromatic carbocycles. The summed E-state index contributed by atoms with van der Waals surface area (Å²) in [6.45, 7) is 4.63. The van der Waals surface area contributed by atoms with Crippen LogP contribution < -0.4 is 10.9 Å². The van der Waals surface area contributed by atoms with E-state index in [1.54, 1.807) is 13.2 Å². The molecule has 7 heteroatoms. The number of aryl methyl sites for hydroxylation is 1. The number of nitrogens with one attached hydrogen (secondary N) is 1. The molecule has 2 unspecified atom stereocenters. The third kappa shape index (κ3) is 3.34. The fourth-order valence-electron chi connectivity index (χ4n) is 2.06. The van der Waals surface area contributed by atoms with Crippen molar-refractivity contribution in [3.63, 3.8) is 0 Å². The number of ether oxygens (including phenoxy) is 1. The van der Waals surface area contributed by atoms with E-state index in [4.69, 9.17) is 4.74 Å². The SMILES string of the molecule is CC(Nc1cnn(C)c(=O)c1Br)C1CN(C)CCO1. The van der Waals surface area contributed by atoms with Crippen LogP contribution in [0, 0.1) is 0 Å². The van der Waals surface area contributed by atoms with Crippen molar-refractivity contribution < 1.29 is 4.74 Å². The predicted molar refractivity (Wildman–Crippen MR) is 77.5 cm³/mol. The van der Waals surface area contributed by atoms with Gasteiger partial charge in [0, 0.05) is 20.1 Å². The molecule has 0 amide bonds. The summed E-state index contributed by atoms with van der Waals surface area (Å²) in [6.07, 6.45) is 1.75. The fourth-order valence-corrected chi connectivity index (χ4v) is 2.54. The number of morpholine rings is 1. The largest absolute Gasteiger partial charge is 0.378 e. The van der Waals surface area contributed by atoms with Gasteiger partial charge in [-0.15, -0.1) is 0 Å². The molecule has 1 N–H and O–H groups in total. The van der Waals surface area contributed by atoms with Crippen molar-refractivity contribution in [3.8, 4) is 0 Å². The summed E-state index contributed by atoms with van der Waals surface area (Å²) in [7, 11) is 3.71. The maximum Gasteiger partial charge on any atom is 0.282 e. The van der Waals surface area contributed by atoms with Crippen molar-refractivity contribution in [2.24, 2.45) is 7.05 Å². The summed E-state index contributed by atoms with van der Waals surface area (Å²) >= 11 is 3.31. The molecule has 2 atom stereocenters. The average molecular weight is 331 g/mol. The number of nitrogens with zero attached hydrogens (tertiary/aromatic N) is 3. The van der Waals surface area contributed by atoms with Crippen LogP contribution in [0.5, 0.6) is 0 Å². The highest BCUT2D eigenvalue weighted by Crippen LogP contribution is 2.19. The lowest BCUT2D eigenvalue weighted by atomic mass is 10.1. The number of likely N-dealkylation sites (N-methyl/N-ethyl adjacent to an activating group) is 1. The van der Waals surface area contributed by atoms with Gasteiger partial charge in [0.25, 0.3) is 5.56 Å². The number of anilines is 1. The third-order valence-corrected chi connectivity index (χ3v) is 4.08. The van der Waals surface area contributed by atoms with Crippen molar-refractivity contribution in [1.29, 1.82) is 0 Å². The molecule has 0 bridgehead atoms. The number of hydrogen-bond donors (Lipinski definition) is 1. The van der Waals surface area contributed by atoms with E-state index < -0.39 is 0 Å². The Morgan fingerprint density at radius 2 is 2.32 bits per heavy atom. The monoisotopic (exact) mass is 330 g/mol. The van der Waals surface area contributed by atoms with Gasteiger partial charge in [-0.2, -0.15) is 5.10 Å². The lowest BCUT2D eigenvalue weighted by Crippen LogP contribution is -2.47. The van der Waals surface area contributed by atoms with Gasteiger partial charge in [-0.3, -0.25) is 4.79 Å². The van der Waals surface area contributed by atoms with Crippen LogP contribution in [-0.4, -0.2) is 53.6 Å². The second-order valence-electron chi connectivity index (χ2n) is 4.91. The Balaban J connectivity index is 2.08. The van der Waals surface area contributed by atoms with Crippen LogP contribution in [0.3, 0.4) is 0 Å². The van der Waals surface area contributed by atoms with Gasteiger partial charge in [0.2, 0.25) is 0 Å². The second-order valence-corrected chi connectivity index (χ2v) is 5.70. The maximum atomic E-state index is 11.8. The van der Waals surface area contributed by atoms with E-state index in [0.717, 1.165) is 19.7 Å². The number of aromatic nitrogens is 2. The van der Waals surface area contributed by atoms with E-state index in [2.05, 4.69) is 38.3 Å². The van der Waals surface area contributed by atoms with E-state index in [0.29, 0.717) is 10.2 Å². The first-order valence-corrected chi connectivity index (χ1v) is 7.07. The molecule has 1 aliphatic heterocycles. The Morgan fingerprint density at radius 3 is 3.00 bits per heavy atom. The Hall–Kier alpha value is -0.920. The Kier molecular flexibility index (Phi) is 4.59. The predicted octanol–water partition coefficient (Wildman–Crippen LogP) is 0.674. The van der Waals surface area contributed by atoms with Crippen molar-refractivity contribution >= 4 is 21.6 Å². The molecule has 0 spiro atoms. The van der Waals surface area contributed by atoms with Crippen LogP contribution in [0.4, 0.5) is 5.69 Å². The van der Waals surface area contributed by atoms with Gasteiger partial charge in [0.1, 0.15) is 4.47 Å². The van der Waals surface area contributed by atoms with Crippen molar-refractivity contribution in [3.05, 3.63) is 21.0 Å². The Morgan fingerprint density at radius 1 is 1.58 bits per heavy atom. The van der Waals surface area contributed by atoms with E-state index >= 15 is 0 Å². The molecule has 0 saturated carbocycles. The minimum Gasteiger partial charge on any atom is -0.378 e. The number of halogens is 1. The number of rotatable bonds is 3. The minimum atomic E-state index is -0.154. The van der Waals surface area contributed by atoms with E-state index in [1.165, 1.54) is 4.68 Å². The van der Waals surface area contributed by atoms with Gasteiger partial charge in [-0.1, -0.05) is 0 Å². The lowest BCUT2D eigenvalue weighted by Gasteiger charge is -2.34. The van der Waals surface area contributed by atoms with Crippen LogP contribution in [-0.2, 0) is 11.8 Å². The summed E-state index contributed by atoms with van der Waals surface area (Å²) in [5, 5.41) is 7.31. The smallest absolute Gasteiger partial charge is 0.282 e. The first-order chi connectivity index (χ1) is 8.99. The molecule has 1 saturated heterocycles. The molecule has 0 radical (unpaired) electrons. The Bertz CT molecular complexity index is 505. The molecule has 0 aliphatic carbocycles. The van der Waals surface area contributed by atoms with Crippen molar-refractivity contribution in [2.45, 2.75) is 19.1 Å². The highest BCUT2D eigenvalue weighted by molar-refractivity contribution is 9.10. The zero-order valence-electron chi connectivity index (χ0n) is 11.4. The highest BCUT2D eigenvalue weighted by Gasteiger charge is 2.24. The average Bonchev–Trinajstić information content (AvgIpc) is 2.39. The molecule has 1 aliphatic rings. The topological polar surface area (TPSA) is 59.4 Å². The molecule has 2 heterocycles. The summed E-state index contributed by atoms with van der Waals surface area (Å²) in [4.78, 5) is 14.0. The summed E-state index contributed by atoms with van der Waals surface area (Å²) < 4.78 is 7.55.